The van der Waals surface area contributed by atoms with Gasteiger partial charge in [0.2, 0.25) is 0 Å². The maximum atomic E-state index is 11.5. The summed E-state index contributed by atoms with van der Waals surface area (Å²) in [6, 6.07) is 3.07. The second-order valence-electron chi connectivity index (χ2n) is 3.38. The van der Waals surface area contributed by atoms with Gasteiger partial charge in [-0.05, 0) is 25.5 Å². The maximum absolute atomic E-state index is 11.5. The molecule has 7 heteroatoms. The summed E-state index contributed by atoms with van der Waals surface area (Å²) in [5.74, 6) is -0.384. The van der Waals surface area contributed by atoms with E-state index in [0.717, 1.165) is 0 Å². The average Bonchev–Trinajstić information content (AvgIpc) is 2.75. The van der Waals surface area contributed by atoms with Gasteiger partial charge in [-0.2, -0.15) is 0 Å². The molecule has 5 nitrogen and oxygen atoms in total. The summed E-state index contributed by atoms with van der Waals surface area (Å²) in [6.07, 6.45) is 0.571. The second-order valence-corrected chi connectivity index (χ2v) is 5.09. The molecule has 0 atom stereocenters. The van der Waals surface area contributed by atoms with Gasteiger partial charge < -0.3 is 15.4 Å². The second kappa shape index (κ2) is 7.94. The predicted molar refractivity (Wildman–Crippen MR) is 71.3 cm³/mol. The van der Waals surface area contributed by atoms with Crippen LogP contribution >= 0.6 is 22.9 Å². The van der Waals surface area contributed by atoms with Crippen molar-refractivity contribution in [2.24, 2.45) is 0 Å². The number of rotatable bonds is 6. The fourth-order valence-corrected chi connectivity index (χ4v) is 2.09. The van der Waals surface area contributed by atoms with Crippen LogP contribution in [0.4, 0.5) is 4.79 Å². The zero-order valence-electron chi connectivity index (χ0n) is 9.99. The van der Waals surface area contributed by atoms with Crippen LogP contribution in [0.5, 0.6) is 0 Å². The highest BCUT2D eigenvalue weighted by Crippen LogP contribution is 2.21. The van der Waals surface area contributed by atoms with Gasteiger partial charge >= 0.3 is 12.0 Å². The van der Waals surface area contributed by atoms with Gasteiger partial charge in [-0.25, -0.2) is 9.59 Å². The van der Waals surface area contributed by atoms with E-state index in [9.17, 15) is 9.59 Å². The van der Waals surface area contributed by atoms with Crippen LogP contribution < -0.4 is 10.6 Å². The van der Waals surface area contributed by atoms with E-state index in [0.29, 0.717) is 28.7 Å². The van der Waals surface area contributed by atoms with Crippen LogP contribution in [0.2, 0.25) is 4.34 Å². The molecule has 0 aliphatic rings. The summed E-state index contributed by atoms with van der Waals surface area (Å²) >= 11 is 6.89. The zero-order valence-corrected chi connectivity index (χ0v) is 11.6. The Kier molecular flexibility index (Phi) is 6.53. The van der Waals surface area contributed by atoms with Crippen molar-refractivity contribution in [3.05, 3.63) is 21.3 Å². The van der Waals surface area contributed by atoms with Gasteiger partial charge in [0.25, 0.3) is 0 Å². The molecule has 0 fully saturated rings. The first-order chi connectivity index (χ1) is 8.63. The molecule has 1 aromatic rings. The zero-order chi connectivity index (χ0) is 13.4. The maximum Gasteiger partial charge on any atom is 0.348 e. The number of nitrogens with one attached hydrogen (secondary N) is 2. The Morgan fingerprint density at radius 2 is 2.17 bits per heavy atom. The molecule has 0 saturated heterocycles. The minimum absolute atomic E-state index is 0.214. The highest BCUT2D eigenvalue weighted by Gasteiger charge is 2.09. The van der Waals surface area contributed by atoms with E-state index in [4.69, 9.17) is 16.3 Å². The van der Waals surface area contributed by atoms with Crippen molar-refractivity contribution in [1.29, 1.82) is 0 Å². The molecule has 0 aliphatic carbocycles. The molecule has 2 amide bonds. The number of ether oxygens (including phenoxy) is 1. The number of carbonyl (C=O) groups excluding carboxylic acids is 2. The Morgan fingerprint density at radius 3 is 2.78 bits per heavy atom. The van der Waals surface area contributed by atoms with Crippen molar-refractivity contribution < 1.29 is 14.3 Å². The Bertz CT molecular complexity index is 409. The molecule has 0 radical (unpaired) electrons. The largest absolute Gasteiger partial charge is 0.461 e. The summed E-state index contributed by atoms with van der Waals surface area (Å²) in [5.41, 5.74) is 0. The molecule has 0 aromatic carbocycles. The lowest BCUT2D eigenvalue weighted by Gasteiger charge is -2.06. The van der Waals surface area contributed by atoms with Gasteiger partial charge in [0, 0.05) is 13.1 Å². The van der Waals surface area contributed by atoms with Crippen molar-refractivity contribution in [2.75, 3.05) is 19.7 Å². The molecule has 0 bridgehead atoms. The Labute approximate surface area is 114 Å². The number of urea groups is 1. The van der Waals surface area contributed by atoms with Crippen molar-refractivity contribution in [2.45, 2.75) is 13.3 Å². The molecule has 1 heterocycles. The fourth-order valence-electron chi connectivity index (χ4n) is 1.16. The highest BCUT2D eigenvalue weighted by atomic mass is 35.5. The van der Waals surface area contributed by atoms with Crippen LogP contribution in [0.3, 0.4) is 0 Å². The molecule has 0 saturated carbocycles. The van der Waals surface area contributed by atoms with Crippen LogP contribution in [0, 0.1) is 0 Å². The third kappa shape index (κ3) is 5.37. The lowest BCUT2D eigenvalue weighted by atomic mass is 10.4. The lowest BCUT2D eigenvalue weighted by molar-refractivity contribution is 0.0507. The van der Waals surface area contributed by atoms with Crippen molar-refractivity contribution in [1.82, 2.24) is 10.6 Å². The van der Waals surface area contributed by atoms with E-state index in [2.05, 4.69) is 10.6 Å². The van der Waals surface area contributed by atoms with Crippen LogP contribution in [0.25, 0.3) is 0 Å². The Balaban J connectivity index is 2.11. The molecule has 1 rings (SSSR count). The van der Waals surface area contributed by atoms with Gasteiger partial charge in [-0.1, -0.05) is 11.6 Å². The van der Waals surface area contributed by atoms with E-state index in [1.165, 1.54) is 11.3 Å². The number of halogens is 1. The van der Waals surface area contributed by atoms with Crippen LogP contribution in [0.1, 0.15) is 23.0 Å². The predicted octanol–water partition coefficient (Wildman–Crippen LogP) is 2.27. The highest BCUT2D eigenvalue weighted by molar-refractivity contribution is 7.17. The number of thiophene rings is 1. The van der Waals surface area contributed by atoms with E-state index in [-0.39, 0.29) is 18.6 Å². The topological polar surface area (TPSA) is 67.4 Å². The summed E-state index contributed by atoms with van der Waals surface area (Å²) < 4.78 is 5.58. The molecule has 0 spiro atoms. The first-order valence-electron chi connectivity index (χ1n) is 5.57. The van der Waals surface area contributed by atoms with Gasteiger partial charge in [-0.15, -0.1) is 11.3 Å². The minimum Gasteiger partial charge on any atom is -0.461 e. The van der Waals surface area contributed by atoms with E-state index in [1.54, 1.807) is 12.1 Å². The standard InChI is InChI=1S/C11H15ClN2O3S/c1-2-13-11(16)14-6-3-7-17-10(15)8-4-5-9(12)18-8/h4-5H,2-3,6-7H2,1H3,(H2,13,14,16). The van der Waals surface area contributed by atoms with Crippen molar-refractivity contribution >= 4 is 34.9 Å². The number of hydrogen-bond acceptors (Lipinski definition) is 4. The van der Waals surface area contributed by atoms with Gasteiger partial charge in [0.05, 0.1) is 10.9 Å². The SMILES string of the molecule is CCNC(=O)NCCCOC(=O)c1ccc(Cl)s1. The van der Waals surface area contributed by atoms with Crippen LogP contribution in [-0.2, 0) is 4.74 Å². The van der Waals surface area contributed by atoms with Gasteiger partial charge in [0.1, 0.15) is 4.88 Å². The number of hydrogen-bond donors (Lipinski definition) is 2. The third-order valence-electron chi connectivity index (χ3n) is 1.95. The molecule has 100 valence electrons. The number of esters is 1. The van der Waals surface area contributed by atoms with Gasteiger partial charge in [-0.3, -0.25) is 0 Å². The molecule has 18 heavy (non-hydrogen) atoms. The lowest BCUT2D eigenvalue weighted by Crippen LogP contribution is -2.36. The minimum atomic E-state index is -0.384. The van der Waals surface area contributed by atoms with E-state index < -0.39 is 0 Å². The Hall–Kier alpha value is -1.27. The average molecular weight is 291 g/mol. The normalized spacial score (nSPS) is 9.89. The van der Waals surface area contributed by atoms with Crippen molar-refractivity contribution in [3.8, 4) is 0 Å². The smallest absolute Gasteiger partial charge is 0.348 e. The molecular weight excluding hydrogens is 276 g/mol. The molecule has 2 N–H and O–H groups in total. The summed E-state index contributed by atoms with van der Waals surface area (Å²) in [7, 11) is 0. The van der Waals surface area contributed by atoms with Crippen LogP contribution in [0.15, 0.2) is 12.1 Å². The van der Waals surface area contributed by atoms with Gasteiger partial charge in [0.15, 0.2) is 0 Å². The summed E-state index contributed by atoms with van der Waals surface area (Å²) in [4.78, 5) is 23.0. The number of amides is 2. The van der Waals surface area contributed by atoms with Crippen LogP contribution in [-0.4, -0.2) is 31.7 Å². The fraction of sp³-hybridized carbons (Fsp3) is 0.455. The molecular formula is C11H15ClN2O3S. The summed E-state index contributed by atoms with van der Waals surface area (Å²) in [6.45, 7) is 3.15. The first kappa shape index (κ1) is 14.8. The van der Waals surface area contributed by atoms with E-state index in [1.807, 2.05) is 6.92 Å². The molecule has 1 aromatic heterocycles. The monoisotopic (exact) mass is 290 g/mol. The first-order valence-corrected chi connectivity index (χ1v) is 6.77. The molecule has 0 unspecified atom stereocenters. The quantitative estimate of drug-likeness (QED) is 0.624. The summed E-state index contributed by atoms with van der Waals surface area (Å²) in [5, 5.41) is 5.24. The third-order valence-corrected chi connectivity index (χ3v) is 3.16. The number of carbonyl (C=O) groups is 2. The molecule has 0 aliphatic heterocycles. The van der Waals surface area contributed by atoms with Crippen molar-refractivity contribution in [3.63, 3.8) is 0 Å². The van der Waals surface area contributed by atoms with E-state index >= 15 is 0 Å². The Morgan fingerprint density at radius 1 is 1.39 bits per heavy atom.